The van der Waals surface area contributed by atoms with E-state index in [4.69, 9.17) is 26.2 Å². The number of carbonyl (C=O) groups is 2. The Kier molecular flexibility index (Phi) is 6.51. The molecule has 3 aromatic rings. The molecule has 11 heteroatoms. The first-order valence-electron chi connectivity index (χ1n) is 10.2. The summed E-state index contributed by atoms with van der Waals surface area (Å²) in [6.07, 6.45) is 2.11. The first-order chi connectivity index (χ1) is 16.3. The molecule has 4 rings (SSSR count). The molecule has 34 heavy (non-hydrogen) atoms. The number of hydrogen-bond donors (Lipinski definition) is 2. The molecule has 0 bridgehead atoms. The Morgan fingerprint density at radius 2 is 2.03 bits per heavy atom. The number of hydrogen-bond acceptors (Lipinski definition) is 7. The SMILES string of the molecule is COc1cc2ncnc(Nc3cccc(Cl)c3F)c2cc1OC1CN(C(=O)C=C(C)C(=O)O)C1. The number of nitrogens with zero attached hydrogens (tertiary/aromatic N) is 3. The van der Waals surface area contributed by atoms with Crippen LogP contribution in [0, 0.1) is 5.82 Å². The molecule has 2 aromatic carbocycles. The molecule has 0 aliphatic carbocycles. The topological polar surface area (TPSA) is 114 Å². The third-order valence-electron chi connectivity index (χ3n) is 5.26. The van der Waals surface area contributed by atoms with Crippen molar-refractivity contribution in [2.45, 2.75) is 13.0 Å². The summed E-state index contributed by atoms with van der Waals surface area (Å²) in [5.74, 6) is -0.975. The molecule has 1 aliphatic rings. The van der Waals surface area contributed by atoms with Crippen LogP contribution in [0.3, 0.4) is 0 Å². The largest absolute Gasteiger partial charge is 0.493 e. The predicted octanol–water partition coefficient (Wildman–Crippen LogP) is 3.80. The van der Waals surface area contributed by atoms with Gasteiger partial charge in [-0.05, 0) is 25.1 Å². The van der Waals surface area contributed by atoms with Gasteiger partial charge in [0.2, 0.25) is 5.91 Å². The van der Waals surface area contributed by atoms with Crippen molar-refractivity contribution < 1.29 is 28.6 Å². The minimum atomic E-state index is -1.15. The molecule has 1 aliphatic heterocycles. The highest BCUT2D eigenvalue weighted by molar-refractivity contribution is 6.31. The van der Waals surface area contributed by atoms with Crippen molar-refractivity contribution in [1.82, 2.24) is 14.9 Å². The zero-order chi connectivity index (χ0) is 24.4. The number of halogens is 2. The van der Waals surface area contributed by atoms with Crippen LogP contribution in [0.5, 0.6) is 11.5 Å². The molecule has 0 unspecified atom stereocenters. The summed E-state index contributed by atoms with van der Waals surface area (Å²) in [6, 6.07) is 7.95. The van der Waals surface area contributed by atoms with Gasteiger partial charge in [-0.25, -0.2) is 19.2 Å². The average molecular weight is 487 g/mol. The van der Waals surface area contributed by atoms with Crippen LogP contribution in [0.15, 0.2) is 48.3 Å². The summed E-state index contributed by atoms with van der Waals surface area (Å²) in [4.78, 5) is 33.0. The number of rotatable bonds is 7. The van der Waals surface area contributed by atoms with E-state index in [-0.39, 0.29) is 35.5 Å². The number of amides is 1. The van der Waals surface area contributed by atoms with Gasteiger partial charge in [-0.1, -0.05) is 17.7 Å². The highest BCUT2D eigenvalue weighted by atomic mass is 35.5. The zero-order valence-corrected chi connectivity index (χ0v) is 19.0. The Labute approximate surface area is 198 Å². The van der Waals surface area contributed by atoms with E-state index in [1.165, 1.54) is 37.4 Å². The summed E-state index contributed by atoms with van der Waals surface area (Å²) < 4.78 is 25.8. The van der Waals surface area contributed by atoms with E-state index in [2.05, 4.69) is 15.3 Å². The molecule has 0 radical (unpaired) electrons. The van der Waals surface area contributed by atoms with E-state index in [1.54, 1.807) is 18.2 Å². The number of carboxylic acid groups (broad SMARTS) is 1. The number of aromatic nitrogens is 2. The number of ether oxygens (including phenoxy) is 2. The van der Waals surface area contributed by atoms with E-state index in [0.717, 1.165) is 6.08 Å². The third-order valence-corrected chi connectivity index (χ3v) is 5.55. The molecule has 1 fully saturated rings. The minimum absolute atomic E-state index is 0.0217. The number of methoxy groups -OCH3 is 1. The maximum atomic E-state index is 14.4. The molecule has 2 heterocycles. The standard InChI is InChI=1S/C23H20ClFN4O5/c1-12(23(31)32)6-20(30)29-9-13(10-29)34-19-7-14-17(8-18(19)33-2)26-11-27-22(14)28-16-5-3-4-15(24)21(16)25/h3-8,11,13H,9-10H2,1-2H3,(H,31,32)(H,26,27,28). The fraction of sp³-hybridized carbons (Fsp3) is 0.217. The average Bonchev–Trinajstić information content (AvgIpc) is 2.78. The summed E-state index contributed by atoms with van der Waals surface area (Å²) in [6.45, 7) is 1.93. The molecule has 1 amide bonds. The van der Waals surface area contributed by atoms with Crippen molar-refractivity contribution in [1.29, 1.82) is 0 Å². The van der Waals surface area contributed by atoms with Gasteiger partial charge in [-0.2, -0.15) is 0 Å². The van der Waals surface area contributed by atoms with E-state index >= 15 is 0 Å². The number of nitrogens with one attached hydrogen (secondary N) is 1. The van der Waals surface area contributed by atoms with Gasteiger partial charge in [0.25, 0.3) is 0 Å². The van der Waals surface area contributed by atoms with E-state index < -0.39 is 17.7 Å². The molecule has 0 saturated carbocycles. The van der Waals surface area contributed by atoms with Gasteiger partial charge in [0, 0.05) is 23.1 Å². The van der Waals surface area contributed by atoms with Gasteiger partial charge in [0.1, 0.15) is 18.2 Å². The number of aliphatic carboxylic acids is 1. The Morgan fingerprint density at radius 3 is 2.74 bits per heavy atom. The van der Waals surface area contributed by atoms with E-state index in [9.17, 15) is 14.0 Å². The predicted molar refractivity (Wildman–Crippen MR) is 123 cm³/mol. The second-order valence-corrected chi connectivity index (χ2v) is 7.99. The first-order valence-corrected chi connectivity index (χ1v) is 10.6. The van der Waals surface area contributed by atoms with Crippen molar-refractivity contribution in [2.75, 3.05) is 25.5 Å². The normalized spacial score (nSPS) is 14.0. The van der Waals surface area contributed by atoms with Gasteiger partial charge in [0.15, 0.2) is 17.3 Å². The molecule has 2 N–H and O–H groups in total. The fourth-order valence-corrected chi connectivity index (χ4v) is 3.53. The number of likely N-dealkylation sites (tertiary alicyclic amines) is 1. The van der Waals surface area contributed by atoms with Gasteiger partial charge in [0.05, 0.1) is 36.4 Å². The Morgan fingerprint density at radius 1 is 1.26 bits per heavy atom. The number of carboxylic acids is 1. The fourth-order valence-electron chi connectivity index (χ4n) is 3.35. The van der Waals surface area contributed by atoms with Gasteiger partial charge < -0.3 is 24.8 Å². The van der Waals surface area contributed by atoms with Crippen LogP contribution >= 0.6 is 11.6 Å². The van der Waals surface area contributed by atoms with Gasteiger partial charge >= 0.3 is 5.97 Å². The number of carbonyl (C=O) groups excluding carboxylic acids is 1. The van der Waals surface area contributed by atoms with Crippen molar-refractivity contribution in [3.05, 3.63) is 59.1 Å². The molecule has 1 saturated heterocycles. The monoisotopic (exact) mass is 486 g/mol. The number of anilines is 2. The lowest BCUT2D eigenvalue weighted by Gasteiger charge is -2.38. The molecule has 176 valence electrons. The van der Waals surface area contributed by atoms with Crippen LogP contribution < -0.4 is 14.8 Å². The highest BCUT2D eigenvalue weighted by Gasteiger charge is 2.32. The Bertz CT molecular complexity index is 1310. The molecule has 9 nitrogen and oxygen atoms in total. The summed E-state index contributed by atoms with van der Waals surface area (Å²) in [7, 11) is 1.49. The molecular formula is C23H20ClFN4O5. The van der Waals surface area contributed by atoms with Crippen molar-refractivity contribution in [3.63, 3.8) is 0 Å². The van der Waals surface area contributed by atoms with E-state index in [1.807, 2.05) is 0 Å². The third kappa shape index (κ3) is 4.72. The lowest BCUT2D eigenvalue weighted by molar-refractivity contribution is -0.136. The molecule has 0 spiro atoms. The Balaban J connectivity index is 1.56. The summed E-state index contributed by atoms with van der Waals surface area (Å²) in [5, 5.41) is 12.4. The summed E-state index contributed by atoms with van der Waals surface area (Å²) in [5.41, 5.74) is 0.661. The minimum Gasteiger partial charge on any atom is -0.493 e. The molecule has 0 atom stereocenters. The van der Waals surface area contributed by atoms with Crippen molar-refractivity contribution >= 4 is 45.9 Å². The maximum Gasteiger partial charge on any atom is 0.331 e. The lowest BCUT2D eigenvalue weighted by Crippen LogP contribution is -2.55. The van der Waals surface area contributed by atoms with Crippen molar-refractivity contribution in [3.8, 4) is 11.5 Å². The van der Waals surface area contributed by atoms with Crippen LogP contribution in [0.25, 0.3) is 10.9 Å². The smallest absolute Gasteiger partial charge is 0.331 e. The first kappa shape index (κ1) is 23.2. The zero-order valence-electron chi connectivity index (χ0n) is 18.2. The van der Waals surface area contributed by atoms with Crippen LogP contribution in [0.1, 0.15) is 6.92 Å². The van der Waals surface area contributed by atoms with Crippen LogP contribution in [0.4, 0.5) is 15.9 Å². The van der Waals surface area contributed by atoms with E-state index in [0.29, 0.717) is 28.2 Å². The highest BCUT2D eigenvalue weighted by Crippen LogP contribution is 2.36. The van der Waals surface area contributed by atoms with Crippen LogP contribution in [-0.4, -0.2) is 58.2 Å². The van der Waals surface area contributed by atoms with Crippen molar-refractivity contribution in [2.24, 2.45) is 0 Å². The Hall–Kier alpha value is -3.92. The quantitative estimate of drug-likeness (QED) is 0.485. The number of fused-ring (bicyclic) bond motifs is 1. The molecule has 1 aromatic heterocycles. The van der Waals surface area contributed by atoms with Gasteiger partial charge in [-0.3, -0.25) is 4.79 Å². The second-order valence-electron chi connectivity index (χ2n) is 7.58. The summed E-state index contributed by atoms with van der Waals surface area (Å²) >= 11 is 5.88. The van der Waals surface area contributed by atoms with Crippen LogP contribution in [-0.2, 0) is 9.59 Å². The maximum absolute atomic E-state index is 14.4. The van der Waals surface area contributed by atoms with Gasteiger partial charge in [-0.15, -0.1) is 0 Å². The lowest BCUT2D eigenvalue weighted by atomic mass is 10.1. The molecular weight excluding hydrogens is 467 g/mol. The number of benzene rings is 2. The second kappa shape index (κ2) is 9.52. The van der Waals surface area contributed by atoms with Crippen LogP contribution in [0.2, 0.25) is 5.02 Å².